The first kappa shape index (κ1) is 29.7. The number of pyridine rings is 1. The number of benzene rings is 3. The summed E-state index contributed by atoms with van der Waals surface area (Å²) in [6.07, 6.45) is 3.53. The van der Waals surface area contributed by atoms with Gasteiger partial charge in [-0.2, -0.15) is 0 Å². The van der Waals surface area contributed by atoms with Crippen LogP contribution >= 0.6 is 0 Å². The number of nitrogen functional groups attached to an aromatic ring is 1. The molecule has 10 nitrogen and oxygen atoms in total. The van der Waals surface area contributed by atoms with Gasteiger partial charge in [-0.05, 0) is 67.6 Å². The van der Waals surface area contributed by atoms with Gasteiger partial charge in [0.05, 0.1) is 17.8 Å². The molecule has 1 amide bonds. The van der Waals surface area contributed by atoms with Crippen LogP contribution in [0.4, 0.5) is 11.4 Å². The predicted octanol–water partition coefficient (Wildman–Crippen LogP) is 4.19. The number of nitrogens with two attached hydrogens (primary N) is 1. The summed E-state index contributed by atoms with van der Waals surface area (Å²) in [5, 5.41) is 8.47. The van der Waals surface area contributed by atoms with Gasteiger partial charge in [-0.25, -0.2) is 8.42 Å². The fourth-order valence-electron chi connectivity index (χ4n) is 5.42. The molecule has 222 valence electrons. The Hall–Kier alpha value is -4.77. The number of rotatable bonds is 10. The number of para-hydroxylation sites is 1. The molecular weight excluding hydrogens is 566 g/mol. The zero-order valence-electron chi connectivity index (χ0n) is 23.8. The van der Waals surface area contributed by atoms with Crippen molar-refractivity contribution in [1.29, 1.82) is 5.41 Å². The molecule has 0 saturated heterocycles. The number of carbonyl (C=O) groups excluding carboxylic acids is 2. The van der Waals surface area contributed by atoms with Gasteiger partial charge < -0.3 is 15.4 Å². The number of aryl methyl sites for hydroxylation is 2. The van der Waals surface area contributed by atoms with Crippen molar-refractivity contribution >= 4 is 50.0 Å². The van der Waals surface area contributed by atoms with Crippen molar-refractivity contribution in [2.45, 2.75) is 37.5 Å². The van der Waals surface area contributed by atoms with E-state index in [9.17, 15) is 18.0 Å². The molecule has 43 heavy (non-hydrogen) atoms. The van der Waals surface area contributed by atoms with E-state index in [4.69, 9.17) is 15.9 Å². The quantitative estimate of drug-likeness (QED) is 0.158. The van der Waals surface area contributed by atoms with Crippen molar-refractivity contribution in [2.24, 2.45) is 5.73 Å². The summed E-state index contributed by atoms with van der Waals surface area (Å²) in [6, 6.07) is 20.8. The van der Waals surface area contributed by atoms with E-state index < -0.39 is 22.5 Å². The van der Waals surface area contributed by atoms with Gasteiger partial charge in [0.15, 0.2) is 0 Å². The predicted molar refractivity (Wildman–Crippen MR) is 166 cm³/mol. The Labute approximate surface area is 250 Å². The third-order valence-corrected chi connectivity index (χ3v) is 9.23. The molecule has 0 fully saturated rings. The molecule has 3 N–H and O–H groups in total. The number of ether oxygens (including phenoxy) is 1. The number of nitrogens with zero attached hydrogens (tertiary/aromatic N) is 3. The van der Waals surface area contributed by atoms with E-state index in [1.807, 2.05) is 18.2 Å². The lowest BCUT2D eigenvalue weighted by atomic mass is 9.98. The van der Waals surface area contributed by atoms with Crippen LogP contribution in [0.3, 0.4) is 0 Å². The summed E-state index contributed by atoms with van der Waals surface area (Å²) in [5.74, 6) is -0.801. The highest BCUT2D eigenvalue weighted by molar-refractivity contribution is 7.93. The molecule has 4 aromatic rings. The van der Waals surface area contributed by atoms with E-state index in [0.717, 1.165) is 15.4 Å². The number of aromatic nitrogens is 1. The Morgan fingerprint density at radius 2 is 1.86 bits per heavy atom. The van der Waals surface area contributed by atoms with Crippen molar-refractivity contribution < 1.29 is 22.7 Å². The average Bonchev–Trinajstić information content (AvgIpc) is 3.01. The van der Waals surface area contributed by atoms with E-state index in [1.165, 1.54) is 12.3 Å². The zero-order chi connectivity index (χ0) is 30.6. The molecular formula is C32H33N5O5S. The van der Waals surface area contributed by atoms with Crippen molar-refractivity contribution in [1.82, 2.24) is 4.98 Å². The van der Waals surface area contributed by atoms with Crippen molar-refractivity contribution in [3.05, 3.63) is 95.7 Å². The molecule has 0 bridgehead atoms. The second-order valence-corrected chi connectivity index (χ2v) is 12.0. The molecule has 0 saturated carbocycles. The Morgan fingerprint density at radius 1 is 1.07 bits per heavy atom. The first-order valence-electron chi connectivity index (χ1n) is 14.1. The number of fused-ring (bicyclic) bond motifs is 2. The van der Waals surface area contributed by atoms with Crippen molar-refractivity contribution in [3.63, 3.8) is 0 Å². The number of nitrogens with one attached hydrogen (secondary N) is 1. The lowest BCUT2D eigenvalue weighted by Crippen LogP contribution is -2.38. The second-order valence-electron chi connectivity index (χ2n) is 10.2. The summed E-state index contributed by atoms with van der Waals surface area (Å²) in [7, 11) is -4.24. The maximum absolute atomic E-state index is 14.1. The monoisotopic (exact) mass is 599 g/mol. The van der Waals surface area contributed by atoms with Crippen molar-refractivity contribution in [3.8, 4) is 0 Å². The molecule has 1 aromatic heterocycles. The number of amidine groups is 1. The van der Waals surface area contributed by atoms with Crippen LogP contribution in [0.25, 0.3) is 10.9 Å². The molecule has 2 heterocycles. The molecule has 5 rings (SSSR count). The molecule has 0 spiro atoms. The smallest absolute Gasteiger partial charge is 0.326 e. The third-order valence-electron chi connectivity index (χ3n) is 7.43. The van der Waals surface area contributed by atoms with E-state index in [2.05, 4.69) is 4.98 Å². The molecule has 1 aliphatic rings. The van der Waals surface area contributed by atoms with Crippen molar-refractivity contribution in [2.75, 3.05) is 28.9 Å². The Bertz CT molecular complexity index is 1800. The molecule has 0 unspecified atom stereocenters. The van der Waals surface area contributed by atoms with Crippen LogP contribution in [0.15, 0.2) is 83.9 Å². The van der Waals surface area contributed by atoms with Crippen LogP contribution < -0.4 is 14.9 Å². The molecule has 1 aliphatic heterocycles. The highest BCUT2D eigenvalue weighted by atomic mass is 32.2. The number of anilines is 2. The molecule has 0 atom stereocenters. The lowest BCUT2D eigenvalue weighted by Gasteiger charge is -2.31. The minimum Gasteiger partial charge on any atom is -0.465 e. The summed E-state index contributed by atoms with van der Waals surface area (Å²) in [6.45, 7) is 1.79. The van der Waals surface area contributed by atoms with Crippen LogP contribution in [0.5, 0.6) is 0 Å². The van der Waals surface area contributed by atoms with Crippen LogP contribution in [0.1, 0.15) is 36.5 Å². The minimum atomic E-state index is -4.24. The van der Waals surface area contributed by atoms with Gasteiger partial charge >= 0.3 is 5.97 Å². The van der Waals surface area contributed by atoms with Crippen LogP contribution in [0, 0.1) is 5.41 Å². The second kappa shape index (κ2) is 12.6. The molecule has 0 aliphatic carbocycles. The average molecular weight is 600 g/mol. The number of sulfonamides is 1. The van der Waals surface area contributed by atoms with E-state index >= 15 is 0 Å². The van der Waals surface area contributed by atoms with Gasteiger partial charge in [-0.1, -0.05) is 42.5 Å². The Balaban J connectivity index is 1.46. The maximum Gasteiger partial charge on any atom is 0.326 e. The number of hydrogen-bond donors (Lipinski definition) is 2. The third kappa shape index (κ3) is 6.21. The maximum atomic E-state index is 14.1. The van der Waals surface area contributed by atoms with E-state index in [1.54, 1.807) is 60.4 Å². The number of carbonyl (C=O) groups is 2. The lowest BCUT2D eigenvalue weighted by molar-refractivity contribution is -0.141. The SMILES string of the molecule is CCOC(=O)CN(c1ccc2c(c1)CCCN2C(=O)CCc1ccccc1C(=N)N)S(=O)(=O)c1cccc2cccnc12. The Morgan fingerprint density at radius 3 is 2.65 bits per heavy atom. The standard InChI is InChI=1S/C32H33N5O5S/c1-2-42-30(39)21-37(43(40,41)28-13-5-9-23-10-6-18-35-31(23)28)25-15-16-27-24(20-25)11-7-19-36(27)29(38)17-14-22-8-3-4-12-26(22)32(33)34/h3-6,8-10,12-13,15-16,18,20H,2,7,11,14,17,19,21H2,1H3,(H3,33,34). The Kier molecular flexibility index (Phi) is 8.72. The zero-order valence-corrected chi connectivity index (χ0v) is 24.6. The fraction of sp³-hybridized carbons (Fsp3) is 0.250. The topological polar surface area (TPSA) is 147 Å². The summed E-state index contributed by atoms with van der Waals surface area (Å²) in [5.41, 5.74) is 9.28. The number of amides is 1. The molecule has 0 radical (unpaired) electrons. The van der Waals surface area contributed by atoms with Gasteiger partial charge in [0.25, 0.3) is 10.0 Å². The highest BCUT2D eigenvalue weighted by Crippen LogP contribution is 2.34. The van der Waals surface area contributed by atoms with E-state index in [-0.39, 0.29) is 29.7 Å². The van der Waals surface area contributed by atoms with Gasteiger partial charge in [0, 0.05) is 35.8 Å². The summed E-state index contributed by atoms with van der Waals surface area (Å²) >= 11 is 0. The normalized spacial score (nSPS) is 12.9. The van der Waals surface area contributed by atoms with Gasteiger partial charge in [0.1, 0.15) is 17.3 Å². The van der Waals surface area contributed by atoms with E-state index in [0.29, 0.717) is 53.6 Å². The summed E-state index contributed by atoms with van der Waals surface area (Å²) < 4.78 is 34.4. The summed E-state index contributed by atoms with van der Waals surface area (Å²) in [4.78, 5) is 32.0. The first-order valence-corrected chi connectivity index (χ1v) is 15.5. The largest absolute Gasteiger partial charge is 0.465 e. The first-order chi connectivity index (χ1) is 20.7. The van der Waals surface area contributed by atoms with Crippen LogP contribution in [0.2, 0.25) is 0 Å². The molecule has 3 aromatic carbocycles. The molecule has 11 heteroatoms. The number of hydrogen-bond acceptors (Lipinski definition) is 7. The van der Waals surface area contributed by atoms with Gasteiger partial charge in [0.2, 0.25) is 5.91 Å². The number of esters is 1. The van der Waals surface area contributed by atoms with Crippen LogP contribution in [-0.2, 0) is 37.2 Å². The van der Waals surface area contributed by atoms with Crippen LogP contribution in [-0.4, -0.2) is 50.8 Å². The minimum absolute atomic E-state index is 0.0183. The fourth-order valence-corrected chi connectivity index (χ4v) is 6.99. The highest BCUT2D eigenvalue weighted by Gasteiger charge is 2.31. The van der Waals surface area contributed by atoms with Gasteiger partial charge in [-0.3, -0.25) is 24.3 Å². The van der Waals surface area contributed by atoms with Gasteiger partial charge in [-0.15, -0.1) is 0 Å².